The molecule has 9 nitrogen and oxygen atoms in total. The van der Waals surface area contributed by atoms with Gasteiger partial charge < -0.3 is 9.47 Å². The van der Waals surface area contributed by atoms with Crippen LogP contribution >= 0.6 is 0 Å². The first-order valence-corrected chi connectivity index (χ1v) is 10.3. The van der Waals surface area contributed by atoms with Gasteiger partial charge in [0.1, 0.15) is 17.8 Å². The largest absolute Gasteiger partial charge is 0.356 e. The van der Waals surface area contributed by atoms with Crippen LogP contribution in [0.15, 0.2) is 35.6 Å². The Bertz CT molecular complexity index is 1120. The zero-order valence-corrected chi connectivity index (χ0v) is 17.6. The Morgan fingerprint density at radius 1 is 1.00 bits per heavy atom. The Labute approximate surface area is 175 Å². The highest BCUT2D eigenvalue weighted by molar-refractivity contribution is 5.45. The van der Waals surface area contributed by atoms with Gasteiger partial charge >= 0.3 is 0 Å². The molecule has 0 aromatic carbocycles. The van der Waals surface area contributed by atoms with Crippen molar-refractivity contribution in [3.63, 3.8) is 0 Å². The molecule has 2 unspecified atom stereocenters. The van der Waals surface area contributed by atoms with E-state index >= 15 is 0 Å². The molecule has 156 valence electrons. The summed E-state index contributed by atoms with van der Waals surface area (Å²) in [7, 11) is 1.77. The molecule has 30 heavy (non-hydrogen) atoms. The fraction of sp³-hybridized carbons (Fsp3) is 0.476. The van der Waals surface area contributed by atoms with Gasteiger partial charge in [-0.1, -0.05) is 0 Å². The highest BCUT2D eigenvalue weighted by Crippen LogP contribution is 2.33. The third kappa shape index (κ3) is 3.39. The molecule has 5 heterocycles. The molecule has 0 aliphatic carbocycles. The average Bonchev–Trinajstić information content (AvgIpc) is 3.38. The van der Waals surface area contributed by atoms with Crippen LogP contribution in [0.5, 0.6) is 0 Å². The number of hydrogen-bond acceptors (Lipinski definition) is 7. The minimum Gasteiger partial charge on any atom is -0.356 e. The predicted octanol–water partition coefficient (Wildman–Crippen LogP) is 0.941. The van der Waals surface area contributed by atoms with Crippen LogP contribution in [0.3, 0.4) is 0 Å². The SMILES string of the molecule is Cc1cc(C)n(-c2cc(N3CC4CN(Cc5nccn(C)c5=O)CC4C3)ncn2)n1. The van der Waals surface area contributed by atoms with E-state index in [4.69, 9.17) is 0 Å². The molecule has 9 heteroatoms. The van der Waals surface area contributed by atoms with Crippen LogP contribution in [-0.4, -0.2) is 60.4 Å². The lowest BCUT2D eigenvalue weighted by Gasteiger charge is -2.22. The highest BCUT2D eigenvalue weighted by Gasteiger charge is 2.40. The standard InChI is InChI=1S/C21H26N8O/c1-14-6-15(2)29(25-14)20-7-19(23-13-24-20)28-10-16-8-27(9-17(16)11-28)12-18-21(30)26(3)5-4-22-18/h4-7,13,16-17H,8-12H2,1-3H3. The van der Waals surface area contributed by atoms with E-state index in [0.29, 0.717) is 24.1 Å². The van der Waals surface area contributed by atoms with Gasteiger partial charge in [-0.25, -0.2) is 14.6 Å². The summed E-state index contributed by atoms with van der Waals surface area (Å²) < 4.78 is 3.46. The van der Waals surface area contributed by atoms with E-state index in [-0.39, 0.29) is 5.56 Å². The summed E-state index contributed by atoms with van der Waals surface area (Å²) in [5.41, 5.74) is 2.66. The number of aryl methyl sites for hydroxylation is 3. The summed E-state index contributed by atoms with van der Waals surface area (Å²) in [6.07, 6.45) is 5.02. The fourth-order valence-electron chi connectivity index (χ4n) is 4.76. The van der Waals surface area contributed by atoms with Crippen molar-refractivity contribution in [2.24, 2.45) is 18.9 Å². The summed E-state index contributed by atoms with van der Waals surface area (Å²) in [5.74, 6) is 2.90. The molecule has 2 fully saturated rings. The van der Waals surface area contributed by atoms with Crippen LogP contribution in [0.25, 0.3) is 5.82 Å². The van der Waals surface area contributed by atoms with E-state index in [9.17, 15) is 4.79 Å². The van der Waals surface area contributed by atoms with Crippen molar-refractivity contribution in [1.29, 1.82) is 0 Å². The molecular weight excluding hydrogens is 380 g/mol. The lowest BCUT2D eigenvalue weighted by Crippen LogP contribution is -2.32. The van der Waals surface area contributed by atoms with Gasteiger partial charge in [0.2, 0.25) is 0 Å². The molecule has 2 atom stereocenters. The first-order valence-electron chi connectivity index (χ1n) is 10.3. The molecule has 0 N–H and O–H groups in total. The Balaban J connectivity index is 1.27. The minimum atomic E-state index is -0.00569. The molecule has 0 amide bonds. The van der Waals surface area contributed by atoms with E-state index in [1.165, 1.54) is 0 Å². The minimum absolute atomic E-state index is 0.00569. The maximum atomic E-state index is 12.3. The number of hydrogen-bond donors (Lipinski definition) is 0. The van der Waals surface area contributed by atoms with Gasteiger partial charge in [-0.3, -0.25) is 14.7 Å². The van der Waals surface area contributed by atoms with Crippen molar-refractivity contribution in [1.82, 2.24) is 34.2 Å². The third-order valence-electron chi connectivity index (χ3n) is 6.21. The first kappa shape index (κ1) is 18.9. The van der Waals surface area contributed by atoms with Crippen LogP contribution in [-0.2, 0) is 13.6 Å². The van der Waals surface area contributed by atoms with Gasteiger partial charge in [0.15, 0.2) is 5.82 Å². The molecule has 3 aromatic rings. The molecule has 5 rings (SSSR count). The number of rotatable bonds is 4. The third-order valence-corrected chi connectivity index (χ3v) is 6.21. The van der Waals surface area contributed by atoms with Gasteiger partial charge in [0, 0.05) is 63.9 Å². The topological polar surface area (TPSA) is 85.0 Å². The van der Waals surface area contributed by atoms with Crippen molar-refractivity contribution in [3.05, 3.63) is 58.3 Å². The summed E-state index contributed by atoms with van der Waals surface area (Å²) >= 11 is 0. The van der Waals surface area contributed by atoms with Crippen molar-refractivity contribution in [3.8, 4) is 5.82 Å². The van der Waals surface area contributed by atoms with E-state index in [1.807, 2.05) is 30.7 Å². The van der Waals surface area contributed by atoms with Gasteiger partial charge in [-0.05, 0) is 31.7 Å². The van der Waals surface area contributed by atoms with Crippen LogP contribution in [0.1, 0.15) is 17.1 Å². The van der Waals surface area contributed by atoms with Gasteiger partial charge in [-0.2, -0.15) is 5.10 Å². The molecular formula is C21H26N8O. The van der Waals surface area contributed by atoms with Crippen molar-refractivity contribution < 1.29 is 0 Å². The van der Waals surface area contributed by atoms with E-state index < -0.39 is 0 Å². The fourth-order valence-corrected chi connectivity index (χ4v) is 4.76. The second kappa shape index (κ2) is 7.32. The maximum Gasteiger partial charge on any atom is 0.273 e. The summed E-state index contributed by atoms with van der Waals surface area (Å²) in [6, 6.07) is 4.07. The number of nitrogens with zero attached hydrogens (tertiary/aromatic N) is 8. The van der Waals surface area contributed by atoms with Crippen LogP contribution in [0.2, 0.25) is 0 Å². The van der Waals surface area contributed by atoms with E-state index in [2.05, 4.69) is 29.9 Å². The first-order chi connectivity index (χ1) is 14.5. The zero-order chi connectivity index (χ0) is 20.8. The molecule has 0 saturated carbocycles. The smallest absolute Gasteiger partial charge is 0.273 e. The quantitative estimate of drug-likeness (QED) is 0.637. The Kier molecular flexibility index (Phi) is 4.62. The normalized spacial score (nSPS) is 21.4. The molecule has 3 aromatic heterocycles. The van der Waals surface area contributed by atoms with Gasteiger partial charge in [0.05, 0.1) is 5.69 Å². The predicted molar refractivity (Wildman–Crippen MR) is 113 cm³/mol. The Morgan fingerprint density at radius 3 is 2.43 bits per heavy atom. The molecule has 0 bridgehead atoms. The lowest BCUT2D eigenvalue weighted by molar-refractivity contribution is 0.303. The van der Waals surface area contributed by atoms with Gasteiger partial charge in [-0.15, -0.1) is 0 Å². The summed E-state index contributed by atoms with van der Waals surface area (Å²) in [4.78, 5) is 30.2. The number of aromatic nitrogens is 6. The molecule has 0 spiro atoms. The molecule has 2 saturated heterocycles. The number of likely N-dealkylation sites (tertiary alicyclic amines) is 1. The summed E-state index contributed by atoms with van der Waals surface area (Å²) in [5, 5.41) is 4.54. The second-order valence-electron chi connectivity index (χ2n) is 8.48. The van der Waals surface area contributed by atoms with Crippen LogP contribution < -0.4 is 10.5 Å². The zero-order valence-electron chi connectivity index (χ0n) is 17.6. The Hall–Kier alpha value is -3.07. The maximum absolute atomic E-state index is 12.3. The molecule has 2 aliphatic rings. The van der Waals surface area contributed by atoms with Crippen LogP contribution in [0, 0.1) is 25.7 Å². The van der Waals surface area contributed by atoms with Crippen molar-refractivity contribution in [2.75, 3.05) is 31.1 Å². The molecule has 0 radical (unpaired) electrons. The second-order valence-corrected chi connectivity index (χ2v) is 8.48. The van der Waals surface area contributed by atoms with Gasteiger partial charge in [0.25, 0.3) is 5.56 Å². The summed E-state index contributed by atoms with van der Waals surface area (Å²) in [6.45, 7) is 8.54. The van der Waals surface area contributed by atoms with E-state index in [0.717, 1.165) is 49.2 Å². The van der Waals surface area contributed by atoms with Crippen molar-refractivity contribution in [2.45, 2.75) is 20.4 Å². The van der Waals surface area contributed by atoms with Crippen LogP contribution in [0.4, 0.5) is 5.82 Å². The lowest BCUT2D eigenvalue weighted by atomic mass is 10.0. The highest BCUT2D eigenvalue weighted by atomic mass is 16.1. The Morgan fingerprint density at radius 2 is 1.73 bits per heavy atom. The van der Waals surface area contributed by atoms with Crippen molar-refractivity contribution >= 4 is 5.82 Å². The number of fused-ring (bicyclic) bond motifs is 1. The molecule has 2 aliphatic heterocycles. The average molecular weight is 406 g/mol. The number of anilines is 1. The van der Waals surface area contributed by atoms with E-state index in [1.54, 1.807) is 30.3 Å². The monoisotopic (exact) mass is 406 g/mol.